The van der Waals surface area contributed by atoms with E-state index in [1.807, 2.05) is 0 Å². The van der Waals surface area contributed by atoms with Gasteiger partial charge >= 0.3 is 5.97 Å². The summed E-state index contributed by atoms with van der Waals surface area (Å²) in [6.07, 6.45) is 16.4. The fourth-order valence-electron chi connectivity index (χ4n) is 6.33. The Kier molecular flexibility index (Phi) is 28.5. The lowest BCUT2D eigenvalue weighted by Crippen LogP contribution is -2.61. The van der Waals surface area contributed by atoms with Crippen LogP contribution in [-0.4, -0.2) is 142 Å². The van der Waals surface area contributed by atoms with Crippen molar-refractivity contribution in [3.8, 4) is 0 Å². The molecule has 0 aromatic carbocycles. The monoisotopic (exact) mass is 815 g/mol. The molecule has 2 rings (SSSR count). The lowest BCUT2D eigenvalue weighted by atomic mass is 9.98. The smallest absolute Gasteiger partial charge is 0.306 e. The Hall–Kier alpha value is -2.05. The van der Waals surface area contributed by atoms with Crippen LogP contribution in [0.15, 0.2) is 48.6 Å². The van der Waals surface area contributed by atoms with Gasteiger partial charge in [-0.25, -0.2) is 0 Å². The van der Waals surface area contributed by atoms with Crippen molar-refractivity contribution in [3.05, 3.63) is 48.6 Å². The minimum atomic E-state index is -1.71. The second-order valence-corrected chi connectivity index (χ2v) is 14.8. The molecule has 2 aliphatic heterocycles. The molecule has 11 unspecified atom stereocenters. The van der Waals surface area contributed by atoms with Crippen LogP contribution in [0.4, 0.5) is 0 Å². The summed E-state index contributed by atoms with van der Waals surface area (Å²) < 4.78 is 33.9. The molecule has 2 aliphatic rings. The van der Waals surface area contributed by atoms with Crippen molar-refractivity contribution in [3.63, 3.8) is 0 Å². The number of hydrogen-bond acceptors (Lipinski definition) is 14. The summed E-state index contributed by atoms with van der Waals surface area (Å²) in [6, 6.07) is 0. The standard InChI is InChI=1S/C43H74O14/c1-3-5-7-9-11-12-13-14-15-16-17-18-19-21-23-25-27-52-29-32(55-35(45)26-24-22-20-10-8-6-4-2)30-53-42-41(51)39(49)37(47)34(57-42)31-54-43-40(50)38(48)36(46)33(28-44)56-43/h5,7,11-12,14-15,17-18,32-34,36-44,46-51H,3-4,6,8-10,13,16,19-31H2,1-2H3/b7-5-,12-11-,15-14-,18-17-. The highest BCUT2D eigenvalue weighted by molar-refractivity contribution is 5.69. The van der Waals surface area contributed by atoms with Crippen LogP contribution in [0, 0.1) is 0 Å². The Morgan fingerprint density at radius 2 is 1.14 bits per heavy atom. The first kappa shape index (κ1) is 51.1. The number of rotatable bonds is 31. The maximum Gasteiger partial charge on any atom is 0.306 e. The van der Waals surface area contributed by atoms with Crippen LogP contribution < -0.4 is 0 Å². The molecule has 0 saturated carbocycles. The third kappa shape index (κ3) is 21.2. The average Bonchev–Trinajstić information content (AvgIpc) is 3.20. The molecule has 0 spiro atoms. The van der Waals surface area contributed by atoms with Crippen molar-refractivity contribution < 1.29 is 69.0 Å². The van der Waals surface area contributed by atoms with Crippen LogP contribution in [0.3, 0.4) is 0 Å². The van der Waals surface area contributed by atoms with Gasteiger partial charge in [0.05, 0.1) is 26.4 Å². The number of aliphatic hydroxyl groups is 7. The van der Waals surface area contributed by atoms with Crippen LogP contribution in [0.1, 0.15) is 117 Å². The molecule has 2 heterocycles. The summed E-state index contributed by atoms with van der Waals surface area (Å²) in [4.78, 5) is 12.8. The molecule has 0 aromatic heterocycles. The van der Waals surface area contributed by atoms with E-state index < -0.39 is 86.7 Å². The summed E-state index contributed by atoms with van der Waals surface area (Å²) in [5.74, 6) is -0.398. The second-order valence-electron chi connectivity index (χ2n) is 14.8. The lowest BCUT2D eigenvalue weighted by Gasteiger charge is -2.42. The van der Waals surface area contributed by atoms with Crippen molar-refractivity contribution in [2.45, 2.75) is 184 Å². The molecule has 0 amide bonds. The third-order valence-corrected chi connectivity index (χ3v) is 9.85. The largest absolute Gasteiger partial charge is 0.457 e. The molecule has 57 heavy (non-hydrogen) atoms. The van der Waals surface area contributed by atoms with Crippen LogP contribution in [0.25, 0.3) is 0 Å². The summed E-state index contributed by atoms with van der Waals surface area (Å²) in [5, 5.41) is 71.7. The first-order valence-corrected chi connectivity index (χ1v) is 21.2. The molecular formula is C43H74O14. The van der Waals surface area contributed by atoms with Crippen LogP contribution in [-0.2, 0) is 33.2 Å². The highest BCUT2D eigenvalue weighted by Gasteiger charge is 2.47. The van der Waals surface area contributed by atoms with E-state index in [4.69, 9.17) is 28.4 Å². The molecule has 14 heteroatoms. The van der Waals surface area contributed by atoms with E-state index in [0.717, 1.165) is 70.6 Å². The fourth-order valence-corrected chi connectivity index (χ4v) is 6.33. The van der Waals surface area contributed by atoms with Gasteiger partial charge in [0.25, 0.3) is 0 Å². The summed E-state index contributed by atoms with van der Waals surface area (Å²) >= 11 is 0. The van der Waals surface area contributed by atoms with E-state index in [9.17, 15) is 40.5 Å². The first-order valence-electron chi connectivity index (χ1n) is 21.2. The van der Waals surface area contributed by atoms with Gasteiger partial charge in [0, 0.05) is 13.0 Å². The van der Waals surface area contributed by atoms with Crippen LogP contribution in [0.2, 0.25) is 0 Å². The number of unbranched alkanes of at least 4 members (excludes halogenated alkanes) is 9. The Morgan fingerprint density at radius 1 is 0.596 bits per heavy atom. The first-order chi connectivity index (χ1) is 27.6. The number of ether oxygens (including phenoxy) is 6. The van der Waals surface area contributed by atoms with E-state index in [1.54, 1.807) is 0 Å². The predicted molar refractivity (Wildman–Crippen MR) is 215 cm³/mol. The van der Waals surface area contributed by atoms with Gasteiger partial charge in [-0.05, 0) is 51.4 Å². The zero-order chi connectivity index (χ0) is 41.7. The van der Waals surface area contributed by atoms with Crippen molar-refractivity contribution in [2.24, 2.45) is 0 Å². The van der Waals surface area contributed by atoms with Crippen molar-refractivity contribution in [1.82, 2.24) is 0 Å². The normalized spacial score (nSPS) is 29.0. The molecule has 330 valence electrons. The van der Waals surface area contributed by atoms with E-state index >= 15 is 0 Å². The van der Waals surface area contributed by atoms with Gasteiger partial charge in [0.1, 0.15) is 54.9 Å². The highest BCUT2D eigenvalue weighted by Crippen LogP contribution is 2.26. The number of carbonyl (C=O) groups is 1. The topological polar surface area (TPSA) is 214 Å². The number of carbonyl (C=O) groups excluding carboxylic acids is 1. The quantitative estimate of drug-likeness (QED) is 0.0299. The average molecular weight is 815 g/mol. The zero-order valence-corrected chi connectivity index (χ0v) is 34.3. The van der Waals surface area contributed by atoms with Gasteiger partial charge in [-0.3, -0.25) is 4.79 Å². The van der Waals surface area contributed by atoms with E-state index in [0.29, 0.717) is 13.0 Å². The van der Waals surface area contributed by atoms with E-state index in [-0.39, 0.29) is 19.6 Å². The summed E-state index contributed by atoms with van der Waals surface area (Å²) in [5.41, 5.74) is 0. The lowest BCUT2D eigenvalue weighted by molar-refractivity contribution is -0.332. The Morgan fingerprint density at radius 3 is 1.77 bits per heavy atom. The second kappa shape index (κ2) is 31.8. The van der Waals surface area contributed by atoms with Gasteiger partial charge in [0.2, 0.25) is 0 Å². The zero-order valence-electron chi connectivity index (χ0n) is 34.3. The molecular weight excluding hydrogens is 740 g/mol. The molecule has 0 aliphatic carbocycles. The Bertz CT molecular complexity index is 1130. The SMILES string of the molecule is CC/C=C\C/C=C\C/C=C\C/C=C\CCCCCOCC(COC1OC(COC2OC(CO)C(O)C(O)C2O)C(O)C(O)C1O)OC(=O)CCCCCCCCC. The number of hydrogen-bond donors (Lipinski definition) is 7. The predicted octanol–water partition coefficient (Wildman–Crippen LogP) is 4.06. The third-order valence-electron chi connectivity index (χ3n) is 9.85. The van der Waals surface area contributed by atoms with Gasteiger partial charge in [-0.15, -0.1) is 0 Å². The molecule has 0 radical (unpaired) electrons. The number of esters is 1. The molecule has 0 bridgehead atoms. The molecule has 0 aromatic rings. The van der Waals surface area contributed by atoms with E-state index in [1.165, 1.54) is 19.3 Å². The summed E-state index contributed by atoms with van der Waals surface area (Å²) in [6.45, 7) is 3.40. The molecule has 2 saturated heterocycles. The maximum absolute atomic E-state index is 12.8. The molecule has 7 N–H and O–H groups in total. The minimum absolute atomic E-state index is 0.0390. The maximum atomic E-state index is 12.8. The van der Waals surface area contributed by atoms with Crippen LogP contribution in [0.5, 0.6) is 0 Å². The number of allylic oxidation sites excluding steroid dienone is 8. The van der Waals surface area contributed by atoms with Crippen molar-refractivity contribution in [1.29, 1.82) is 0 Å². The van der Waals surface area contributed by atoms with Crippen LogP contribution >= 0.6 is 0 Å². The molecule has 2 fully saturated rings. The van der Waals surface area contributed by atoms with Crippen molar-refractivity contribution in [2.75, 3.05) is 33.0 Å². The van der Waals surface area contributed by atoms with Gasteiger partial charge < -0.3 is 64.2 Å². The number of aliphatic hydroxyl groups excluding tert-OH is 7. The Balaban J connectivity index is 1.82. The van der Waals surface area contributed by atoms with Crippen molar-refractivity contribution >= 4 is 5.97 Å². The minimum Gasteiger partial charge on any atom is -0.457 e. The molecule has 11 atom stereocenters. The van der Waals surface area contributed by atoms with Gasteiger partial charge in [-0.2, -0.15) is 0 Å². The summed E-state index contributed by atoms with van der Waals surface area (Å²) in [7, 11) is 0. The van der Waals surface area contributed by atoms with E-state index in [2.05, 4.69) is 62.5 Å². The Labute approximate surface area is 340 Å². The fraction of sp³-hybridized carbons (Fsp3) is 0.791. The van der Waals surface area contributed by atoms with Gasteiger partial charge in [0.15, 0.2) is 12.6 Å². The highest BCUT2D eigenvalue weighted by atomic mass is 16.7. The van der Waals surface area contributed by atoms with Gasteiger partial charge in [-0.1, -0.05) is 107 Å². The molecule has 14 nitrogen and oxygen atoms in total.